The van der Waals surface area contributed by atoms with Crippen molar-refractivity contribution in [1.29, 1.82) is 5.26 Å². The minimum Gasteiger partial charge on any atom is -0.397 e. The van der Waals surface area contributed by atoms with Gasteiger partial charge in [-0.3, -0.25) is 9.97 Å². The van der Waals surface area contributed by atoms with E-state index in [1.807, 2.05) is 6.07 Å². The minimum atomic E-state index is 0.498. The zero-order valence-corrected chi connectivity index (χ0v) is 7.88. The molecule has 0 aromatic carbocycles. The van der Waals surface area contributed by atoms with Crippen molar-refractivity contribution in [3.63, 3.8) is 0 Å². The van der Waals surface area contributed by atoms with Crippen LogP contribution in [0.3, 0.4) is 0 Å². The summed E-state index contributed by atoms with van der Waals surface area (Å²) in [5.74, 6) is 0. The fraction of sp³-hybridized carbons (Fsp3) is 0. The van der Waals surface area contributed by atoms with Crippen LogP contribution in [0.4, 0.5) is 5.69 Å². The van der Waals surface area contributed by atoms with Crippen LogP contribution in [-0.2, 0) is 0 Å². The van der Waals surface area contributed by atoms with Crippen molar-refractivity contribution in [3.8, 4) is 17.3 Å². The largest absolute Gasteiger partial charge is 0.397 e. The Morgan fingerprint density at radius 3 is 2.93 bits per heavy atom. The molecule has 15 heavy (non-hydrogen) atoms. The summed E-state index contributed by atoms with van der Waals surface area (Å²) < 4.78 is 0. The maximum Gasteiger partial charge on any atom is 0.101 e. The van der Waals surface area contributed by atoms with Gasteiger partial charge in [-0.25, -0.2) is 0 Å². The van der Waals surface area contributed by atoms with Crippen LogP contribution < -0.4 is 5.73 Å². The SMILES string of the molecule is N#Cc1cncc(-c2ncccc2N)c1. The Kier molecular flexibility index (Phi) is 2.30. The lowest BCUT2D eigenvalue weighted by atomic mass is 10.1. The maximum atomic E-state index is 8.74. The zero-order chi connectivity index (χ0) is 10.7. The summed E-state index contributed by atoms with van der Waals surface area (Å²) >= 11 is 0. The molecule has 2 rings (SSSR count). The molecule has 0 amide bonds. The highest BCUT2D eigenvalue weighted by molar-refractivity contribution is 5.72. The van der Waals surface area contributed by atoms with Crippen LogP contribution in [0.2, 0.25) is 0 Å². The van der Waals surface area contributed by atoms with Crippen molar-refractivity contribution in [3.05, 3.63) is 42.4 Å². The van der Waals surface area contributed by atoms with Gasteiger partial charge in [0, 0.05) is 24.2 Å². The molecule has 0 saturated heterocycles. The van der Waals surface area contributed by atoms with E-state index in [0.29, 0.717) is 16.9 Å². The van der Waals surface area contributed by atoms with Crippen LogP contribution in [0.15, 0.2) is 36.8 Å². The molecule has 4 nitrogen and oxygen atoms in total. The van der Waals surface area contributed by atoms with Crippen molar-refractivity contribution in [2.75, 3.05) is 5.73 Å². The van der Waals surface area contributed by atoms with Crippen LogP contribution in [0.1, 0.15) is 5.56 Å². The molecule has 0 aliphatic heterocycles. The second-order valence-corrected chi connectivity index (χ2v) is 3.02. The Balaban J connectivity index is 2.55. The van der Waals surface area contributed by atoms with Crippen LogP contribution in [0.25, 0.3) is 11.3 Å². The highest BCUT2D eigenvalue weighted by Crippen LogP contribution is 2.22. The fourth-order valence-corrected chi connectivity index (χ4v) is 1.29. The van der Waals surface area contributed by atoms with Crippen molar-refractivity contribution in [2.45, 2.75) is 0 Å². The van der Waals surface area contributed by atoms with Crippen LogP contribution >= 0.6 is 0 Å². The predicted octanol–water partition coefficient (Wildman–Crippen LogP) is 1.60. The van der Waals surface area contributed by atoms with Gasteiger partial charge < -0.3 is 5.73 Å². The van der Waals surface area contributed by atoms with E-state index in [0.717, 1.165) is 5.56 Å². The van der Waals surface area contributed by atoms with Gasteiger partial charge in [0.2, 0.25) is 0 Å². The number of nitriles is 1. The first-order valence-corrected chi connectivity index (χ1v) is 4.37. The lowest BCUT2D eigenvalue weighted by Gasteiger charge is -2.03. The Bertz CT molecular complexity index is 528. The van der Waals surface area contributed by atoms with Gasteiger partial charge >= 0.3 is 0 Å². The summed E-state index contributed by atoms with van der Waals surface area (Å²) in [6.07, 6.45) is 4.80. The minimum absolute atomic E-state index is 0.498. The molecule has 2 heterocycles. The summed E-state index contributed by atoms with van der Waals surface area (Å²) in [6, 6.07) is 7.27. The third-order valence-electron chi connectivity index (χ3n) is 1.98. The Morgan fingerprint density at radius 2 is 2.20 bits per heavy atom. The molecule has 0 bridgehead atoms. The van der Waals surface area contributed by atoms with Crippen molar-refractivity contribution in [1.82, 2.24) is 9.97 Å². The highest BCUT2D eigenvalue weighted by Gasteiger charge is 2.04. The molecule has 0 aliphatic rings. The summed E-state index contributed by atoms with van der Waals surface area (Å²) in [5.41, 5.74) is 8.26. The summed E-state index contributed by atoms with van der Waals surface area (Å²) in [5, 5.41) is 8.74. The lowest BCUT2D eigenvalue weighted by Crippen LogP contribution is -1.93. The Morgan fingerprint density at radius 1 is 1.33 bits per heavy atom. The number of anilines is 1. The van der Waals surface area contributed by atoms with Gasteiger partial charge in [0.15, 0.2) is 0 Å². The van der Waals surface area contributed by atoms with E-state index >= 15 is 0 Å². The molecule has 2 aromatic heterocycles. The van der Waals surface area contributed by atoms with E-state index in [4.69, 9.17) is 11.0 Å². The van der Waals surface area contributed by atoms with Gasteiger partial charge in [0.05, 0.1) is 16.9 Å². The number of hydrogen-bond donors (Lipinski definition) is 1. The molecular formula is C11H8N4. The number of aromatic nitrogens is 2. The second kappa shape index (κ2) is 3.76. The molecule has 0 fully saturated rings. The molecule has 0 saturated carbocycles. The second-order valence-electron chi connectivity index (χ2n) is 3.02. The number of pyridine rings is 2. The number of nitrogens with zero attached hydrogens (tertiary/aromatic N) is 3. The first-order chi connectivity index (χ1) is 7.31. The maximum absolute atomic E-state index is 8.74. The monoisotopic (exact) mass is 196 g/mol. The van der Waals surface area contributed by atoms with Crippen molar-refractivity contribution in [2.24, 2.45) is 0 Å². The van der Waals surface area contributed by atoms with E-state index in [2.05, 4.69) is 9.97 Å². The number of nitrogens with two attached hydrogens (primary N) is 1. The average molecular weight is 196 g/mol. The Hall–Kier alpha value is -2.41. The van der Waals surface area contributed by atoms with Gasteiger partial charge in [-0.2, -0.15) is 5.26 Å². The van der Waals surface area contributed by atoms with Crippen LogP contribution in [0.5, 0.6) is 0 Å². The smallest absolute Gasteiger partial charge is 0.101 e. The molecule has 0 spiro atoms. The normalized spacial score (nSPS) is 9.53. The molecule has 2 aromatic rings. The van der Waals surface area contributed by atoms with E-state index in [-0.39, 0.29) is 0 Å². The van der Waals surface area contributed by atoms with Crippen LogP contribution in [0, 0.1) is 11.3 Å². The van der Waals surface area contributed by atoms with Crippen molar-refractivity contribution < 1.29 is 0 Å². The number of nitrogen functional groups attached to an aromatic ring is 1. The van der Waals surface area contributed by atoms with Crippen LogP contribution in [-0.4, -0.2) is 9.97 Å². The summed E-state index contributed by atoms with van der Waals surface area (Å²) in [7, 11) is 0. The Labute approximate surface area is 87.0 Å². The zero-order valence-electron chi connectivity index (χ0n) is 7.88. The molecule has 0 atom stereocenters. The fourth-order valence-electron chi connectivity index (χ4n) is 1.29. The molecule has 2 N–H and O–H groups in total. The molecule has 72 valence electrons. The van der Waals surface area contributed by atoms with E-state index in [9.17, 15) is 0 Å². The molecule has 0 radical (unpaired) electrons. The average Bonchev–Trinajstić information content (AvgIpc) is 2.30. The number of hydrogen-bond acceptors (Lipinski definition) is 4. The van der Waals surface area contributed by atoms with Crippen molar-refractivity contribution >= 4 is 5.69 Å². The number of rotatable bonds is 1. The molecule has 0 unspecified atom stereocenters. The molecule has 4 heteroatoms. The van der Waals surface area contributed by atoms with Gasteiger partial charge in [-0.05, 0) is 18.2 Å². The molecule has 0 aliphatic carbocycles. The van der Waals surface area contributed by atoms with Gasteiger partial charge in [-0.15, -0.1) is 0 Å². The highest BCUT2D eigenvalue weighted by atomic mass is 14.7. The predicted molar refractivity (Wildman–Crippen MR) is 56.6 cm³/mol. The van der Waals surface area contributed by atoms with E-state index < -0.39 is 0 Å². The molecular weight excluding hydrogens is 188 g/mol. The van der Waals surface area contributed by atoms with Gasteiger partial charge in [-0.1, -0.05) is 0 Å². The van der Waals surface area contributed by atoms with E-state index in [1.54, 1.807) is 30.6 Å². The summed E-state index contributed by atoms with van der Waals surface area (Å²) in [6.45, 7) is 0. The lowest BCUT2D eigenvalue weighted by molar-refractivity contribution is 1.27. The summed E-state index contributed by atoms with van der Waals surface area (Å²) in [4.78, 5) is 8.10. The quantitative estimate of drug-likeness (QED) is 0.751. The first-order valence-electron chi connectivity index (χ1n) is 4.37. The van der Waals surface area contributed by atoms with Gasteiger partial charge in [0.1, 0.15) is 6.07 Å². The van der Waals surface area contributed by atoms with Gasteiger partial charge in [0.25, 0.3) is 0 Å². The standard InChI is InChI=1S/C11H8N4/c12-5-8-4-9(7-14-6-8)11-10(13)2-1-3-15-11/h1-4,6-7H,13H2. The topological polar surface area (TPSA) is 75.6 Å². The third kappa shape index (κ3) is 1.76. The first kappa shape index (κ1) is 9.16. The third-order valence-corrected chi connectivity index (χ3v) is 1.98. The van der Waals surface area contributed by atoms with E-state index in [1.165, 1.54) is 6.20 Å².